The normalized spacial score (nSPS) is 11.5. The number of para-hydroxylation sites is 2. The van der Waals surface area contributed by atoms with Gasteiger partial charge in [-0.05, 0) is 54.4 Å². The zero-order chi connectivity index (χ0) is 22.7. The fourth-order valence-electron chi connectivity index (χ4n) is 3.55. The molecular formula is C24H21F3N4O. The Kier molecular flexibility index (Phi) is 5.85. The standard InChI is InChI=1S/C24H21F3N4O/c1-31-21-11-3-2-10-20(21)30-22(31)13-12-16-6-4-8-18(14-16)28-23(32)29-19-9-5-7-17(15-19)24(25,26)27/h2-11,14-15H,12-13H2,1H3,(H2,28,29,32). The minimum atomic E-state index is -4.47. The molecule has 1 aromatic heterocycles. The molecule has 0 spiro atoms. The van der Waals surface area contributed by atoms with Crippen molar-refractivity contribution in [3.8, 4) is 0 Å². The molecule has 0 aliphatic heterocycles. The molecule has 0 saturated carbocycles. The van der Waals surface area contributed by atoms with E-state index < -0.39 is 17.8 Å². The number of hydrogen-bond acceptors (Lipinski definition) is 2. The number of halogens is 3. The lowest BCUT2D eigenvalue weighted by atomic mass is 10.1. The summed E-state index contributed by atoms with van der Waals surface area (Å²) in [4.78, 5) is 16.9. The van der Waals surface area contributed by atoms with Gasteiger partial charge in [-0.25, -0.2) is 9.78 Å². The van der Waals surface area contributed by atoms with Gasteiger partial charge in [0.2, 0.25) is 0 Å². The summed E-state index contributed by atoms with van der Waals surface area (Å²) < 4.78 is 40.6. The van der Waals surface area contributed by atoms with Crippen LogP contribution in [0.1, 0.15) is 17.0 Å². The molecule has 3 aromatic carbocycles. The average Bonchev–Trinajstić information content (AvgIpc) is 3.08. The predicted octanol–water partition coefficient (Wildman–Crippen LogP) is 6.02. The van der Waals surface area contributed by atoms with Gasteiger partial charge in [-0.1, -0.05) is 30.3 Å². The number of anilines is 2. The van der Waals surface area contributed by atoms with Crippen molar-refractivity contribution < 1.29 is 18.0 Å². The molecule has 4 aromatic rings. The van der Waals surface area contributed by atoms with Gasteiger partial charge in [0.15, 0.2) is 0 Å². The van der Waals surface area contributed by atoms with Gasteiger partial charge in [0.05, 0.1) is 16.6 Å². The molecule has 0 aliphatic rings. The Morgan fingerprint density at radius 3 is 2.31 bits per heavy atom. The van der Waals surface area contributed by atoms with E-state index in [1.54, 1.807) is 6.07 Å². The fraction of sp³-hybridized carbons (Fsp3) is 0.167. The van der Waals surface area contributed by atoms with Crippen LogP contribution in [0, 0.1) is 0 Å². The molecule has 5 nitrogen and oxygen atoms in total. The fourth-order valence-corrected chi connectivity index (χ4v) is 3.55. The van der Waals surface area contributed by atoms with Crippen LogP contribution in [0.4, 0.5) is 29.3 Å². The van der Waals surface area contributed by atoms with E-state index in [-0.39, 0.29) is 5.69 Å². The number of urea groups is 1. The molecule has 164 valence electrons. The number of rotatable bonds is 5. The number of aromatic nitrogens is 2. The number of aryl methyl sites for hydroxylation is 3. The maximum Gasteiger partial charge on any atom is 0.416 e. The highest BCUT2D eigenvalue weighted by molar-refractivity contribution is 5.99. The maximum absolute atomic E-state index is 12.8. The molecule has 2 amide bonds. The topological polar surface area (TPSA) is 59.0 Å². The Hall–Kier alpha value is -3.81. The molecule has 0 atom stereocenters. The molecule has 1 heterocycles. The van der Waals surface area contributed by atoms with Crippen LogP contribution in [0.2, 0.25) is 0 Å². The Morgan fingerprint density at radius 1 is 0.906 bits per heavy atom. The summed E-state index contributed by atoms with van der Waals surface area (Å²) in [6, 6.07) is 19.2. The average molecular weight is 438 g/mol. The van der Waals surface area contributed by atoms with Crippen LogP contribution >= 0.6 is 0 Å². The Morgan fingerprint density at radius 2 is 1.59 bits per heavy atom. The van der Waals surface area contributed by atoms with Crippen molar-refractivity contribution in [2.45, 2.75) is 19.0 Å². The number of carbonyl (C=O) groups excluding carboxylic acids is 1. The molecular weight excluding hydrogens is 417 g/mol. The first-order valence-corrected chi connectivity index (χ1v) is 10.0. The van der Waals surface area contributed by atoms with Crippen LogP contribution in [0.25, 0.3) is 11.0 Å². The van der Waals surface area contributed by atoms with E-state index in [0.717, 1.165) is 47.4 Å². The zero-order valence-electron chi connectivity index (χ0n) is 17.3. The first-order valence-electron chi connectivity index (χ1n) is 10.0. The highest BCUT2D eigenvalue weighted by atomic mass is 19.4. The number of alkyl halides is 3. The molecule has 0 radical (unpaired) electrons. The first-order chi connectivity index (χ1) is 15.3. The smallest absolute Gasteiger partial charge is 0.331 e. The number of nitrogens with one attached hydrogen (secondary N) is 2. The van der Waals surface area contributed by atoms with E-state index in [2.05, 4.69) is 20.2 Å². The summed E-state index contributed by atoms with van der Waals surface area (Å²) in [7, 11) is 1.99. The summed E-state index contributed by atoms with van der Waals surface area (Å²) in [6.07, 6.45) is -3.02. The molecule has 4 rings (SSSR count). The second kappa shape index (κ2) is 8.74. The van der Waals surface area contributed by atoms with Gasteiger partial charge in [0, 0.05) is 24.8 Å². The minimum Gasteiger partial charge on any atom is -0.331 e. The molecule has 32 heavy (non-hydrogen) atoms. The SMILES string of the molecule is Cn1c(CCc2cccc(NC(=O)Nc3cccc(C(F)(F)F)c3)c2)nc2ccccc21. The number of nitrogens with zero attached hydrogens (tertiary/aromatic N) is 2. The highest BCUT2D eigenvalue weighted by Gasteiger charge is 2.30. The van der Waals surface area contributed by atoms with Crippen LogP contribution in [0.5, 0.6) is 0 Å². The van der Waals surface area contributed by atoms with Crippen LogP contribution in [-0.2, 0) is 26.1 Å². The Labute approximate surface area is 182 Å². The highest BCUT2D eigenvalue weighted by Crippen LogP contribution is 2.30. The molecule has 2 N–H and O–H groups in total. The lowest BCUT2D eigenvalue weighted by Crippen LogP contribution is -2.20. The quantitative estimate of drug-likeness (QED) is 0.400. The first kappa shape index (κ1) is 21.4. The molecule has 0 aliphatic carbocycles. The van der Waals surface area contributed by atoms with E-state index in [1.165, 1.54) is 12.1 Å². The van der Waals surface area contributed by atoms with Crippen molar-refractivity contribution in [1.82, 2.24) is 9.55 Å². The van der Waals surface area contributed by atoms with Gasteiger partial charge in [-0.3, -0.25) is 0 Å². The van der Waals surface area contributed by atoms with Crippen molar-refractivity contribution in [2.24, 2.45) is 7.05 Å². The van der Waals surface area contributed by atoms with E-state index in [1.807, 2.05) is 49.5 Å². The molecule has 0 unspecified atom stereocenters. The van der Waals surface area contributed by atoms with Crippen molar-refractivity contribution in [3.63, 3.8) is 0 Å². The third-order valence-corrected chi connectivity index (χ3v) is 5.15. The van der Waals surface area contributed by atoms with Gasteiger partial charge in [-0.15, -0.1) is 0 Å². The minimum absolute atomic E-state index is 0.0651. The zero-order valence-corrected chi connectivity index (χ0v) is 17.3. The predicted molar refractivity (Wildman–Crippen MR) is 119 cm³/mol. The van der Waals surface area contributed by atoms with Gasteiger partial charge < -0.3 is 15.2 Å². The van der Waals surface area contributed by atoms with E-state index >= 15 is 0 Å². The molecule has 0 saturated heterocycles. The van der Waals surface area contributed by atoms with Crippen molar-refractivity contribution in [3.05, 3.63) is 89.7 Å². The van der Waals surface area contributed by atoms with Crippen molar-refractivity contribution in [1.29, 1.82) is 0 Å². The van der Waals surface area contributed by atoms with E-state index in [9.17, 15) is 18.0 Å². The monoisotopic (exact) mass is 438 g/mol. The third kappa shape index (κ3) is 4.91. The van der Waals surface area contributed by atoms with Crippen molar-refractivity contribution >= 4 is 28.4 Å². The van der Waals surface area contributed by atoms with Crippen LogP contribution in [0.3, 0.4) is 0 Å². The van der Waals surface area contributed by atoms with Crippen LogP contribution in [-0.4, -0.2) is 15.6 Å². The number of benzene rings is 3. The molecule has 0 bridgehead atoms. The van der Waals surface area contributed by atoms with Gasteiger partial charge in [-0.2, -0.15) is 13.2 Å². The summed E-state index contributed by atoms with van der Waals surface area (Å²) in [5, 5.41) is 5.11. The lowest BCUT2D eigenvalue weighted by Gasteiger charge is -2.11. The van der Waals surface area contributed by atoms with E-state index in [4.69, 9.17) is 0 Å². The number of amides is 2. The Bertz CT molecular complexity index is 1260. The summed E-state index contributed by atoms with van der Waals surface area (Å²) >= 11 is 0. The largest absolute Gasteiger partial charge is 0.416 e. The second-order valence-electron chi connectivity index (χ2n) is 7.43. The Balaban J connectivity index is 1.39. The number of carbonyl (C=O) groups is 1. The van der Waals surface area contributed by atoms with Gasteiger partial charge in [0.25, 0.3) is 0 Å². The summed E-state index contributed by atoms with van der Waals surface area (Å²) in [5.74, 6) is 0.965. The second-order valence-corrected chi connectivity index (χ2v) is 7.43. The number of fused-ring (bicyclic) bond motifs is 1. The number of imidazole rings is 1. The summed E-state index contributed by atoms with van der Waals surface area (Å²) in [6.45, 7) is 0. The van der Waals surface area contributed by atoms with Crippen LogP contribution in [0.15, 0.2) is 72.8 Å². The summed E-state index contributed by atoms with van der Waals surface area (Å²) in [5.41, 5.74) is 2.83. The lowest BCUT2D eigenvalue weighted by molar-refractivity contribution is -0.137. The van der Waals surface area contributed by atoms with Gasteiger partial charge >= 0.3 is 12.2 Å². The molecule has 8 heteroatoms. The van der Waals surface area contributed by atoms with Crippen LogP contribution < -0.4 is 10.6 Å². The third-order valence-electron chi connectivity index (χ3n) is 5.15. The molecule has 0 fully saturated rings. The maximum atomic E-state index is 12.8. The van der Waals surface area contributed by atoms with Gasteiger partial charge in [0.1, 0.15) is 5.82 Å². The number of hydrogen-bond donors (Lipinski definition) is 2. The van der Waals surface area contributed by atoms with Crippen molar-refractivity contribution in [2.75, 3.05) is 10.6 Å². The van der Waals surface area contributed by atoms with E-state index in [0.29, 0.717) is 5.69 Å².